The Morgan fingerprint density at radius 3 is 2.90 bits per heavy atom. The summed E-state index contributed by atoms with van der Waals surface area (Å²) in [5.41, 5.74) is 3.74. The molecular weight excluding hydrogens is 378 g/mol. The third-order valence-electron chi connectivity index (χ3n) is 5.43. The molecule has 0 bridgehead atoms. The zero-order chi connectivity index (χ0) is 20.3. The first-order valence-electron chi connectivity index (χ1n) is 10.0. The van der Waals surface area contributed by atoms with E-state index in [1.807, 2.05) is 47.3 Å². The topological polar surface area (TPSA) is 80.5 Å². The Morgan fingerprint density at radius 2 is 2.07 bits per heavy atom. The van der Waals surface area contributed by atoms with Gasteiger partial charge >= 0.3 is 0 Å². The van der Waals surface area contributed by atoms with E-state index in [-0.39, 0.29) is 0 Å². The smallest absolute Gasteiger partial charge is 0.137 e. The molecule has 152 valence electrons. The van der Waals surface area contributed by atoms with Gasteiger partial charge < -0.3 is 15.0 Å². The molecule has 1 N–H and O–H groups in total. The molecule has 4 aromatic heterocycles. The van der Waals surface area contributed by atoms with E-state index in [4.69, 9.17) is 4.74 Å². The number of nitrogens with zero attached hydrogens (tertiary/aromatic N) is 6. The minimum Gasteiger partial charge on any atom is -0.380 e. The zero-order valence-electron chi connectivity index (χ0n) is 16.8. The normalized spacial score (nSPS) is 16.3. The molecule has 0 aliphatic carbocycles. The van der Waals surface area contributed by atoms with Gasteiger partial charge in [-0.15, -0.1) is 0 Å². The Kier molecular flexibility index (Phi) is 4.98. The van der Waals surface area contributed by atoms with Gasteiger partial charge in [0.15, 0.2) is 0 Å². The highest BCUT2D eigenvalue weighted by Crippen LogP contribution is 2.22. The van der Waals surface area contributed by atoms with Gasteiger partial charge in [0.25, 0.3) is 0 Å². The van der Waals surface area contributed by atoms with Crippen molar-refractivity contribution in [2.45, 2.75) is 19.1 Å². The maximum atomic E-state index is 5.44. The number of hydrogen-bond acceptors (Lipinski definition) is 7. The van der Waals surface area contributed by atoms with E-state index in [2.05, 4.69) is 42.3 Å². The van der Waals surface area contributed by atoms with Crippen LogP contribution in [0.25, 0.3) is 17.0 Å². The van der Waals surface area contributed by atoms with Gasteiger partial charge in [0.05, 0.1) is 23.7 Å². The number of pyridine rings is 2. The van der Waals surface area contributed by atoms with Gasteiger partial charge in [0.2, 0.25) is 0 Å². The molecule has 0 aromatic carbocycles. The van der Waals surface area contributed by atoms with E-state index < -0.39 is 0 Å². The molecule has 8 heteroatoms. The SMILES string of the molecule is CO[C@@H]1CCN(c2ccc(CNc3cc(-c4cnc5ccccn45)ncn3)cn2)C1. The highest BCUT2D eigenvalue weighted by Gasteiger charge is 2.22. The van der Waals surface area contributed by atoms with E-state index in [9.17, 15) is 0 Å². The first-order chi connectivity index (χ1) is 14.8. The standard InChI is InChI=1S/C22H23N7O/c1-30-17-7-9-28(14-17)21-6-5-16(12-24-21)11-23-20-10-18(26-15-27-20)19-13-25-22-4-2-3-8-29(19)22/h2-6,8,10,12-13,15,17H,7,9,11,14H2,1H3,(H,23,26,27)/t17-/m1/s1. The van der Waals surface area contributed by atoms with Crippen molar-refractivity contribution in [2.24, 2.45) is 0 Å². The third-order valence-corrected chi connectivity index (χ3v) is 5.43. The summed E-state index contributed by atoms with van der Waals surface area (Å²) in [6, 6.07) is 12.0. The van der Waals surface area contributed by atoms with Crippen molar-refractivity contribution in [1.82, 2.24) is 24.3 Å². The molecule has 1 fully saturated rings. The minimum atomic E-state index is 0.299. The molecule has 8 nitrogen and oxygen atoms in total. The molecule has 1 saturated heterocycles. The average Bonchev–Trinajstić information content (AvgIpc) is 3.45. The highest BCUT2D eigenvalue weighted by atomic mass is 16.5. The van der Waals surface area contributed by atoms with Gasteiger partial charge in [0.1, 0.15) is 23.6 Å². The number of fused-ring (bicyclic) bond motifs is 1. The highest BCUT2D eigenvalue weighted by molar-refractivity contribution is 5.62. The summed E-state index contributed by atoms with van der Waals surface area (Å²) in [6.45, 7) is 2.52. The van der Waals surface area contributed by atoms with Crippen LogP contribution in [-0.2, 0) is 11.3 Å². The predicted octanol–water partition coefficient (Wildman–Crippen LogP) is 3.02. The monoisotopic (exact) mass is 401 g/mol. The fourth-order valence-corrected chi connectivity index (χ4v) is 3.75. The quantitative estimate of drug-likeness (QED) is 0.532. The summed E-state index contributed by atoms with van der Waals surface area (Å²) >= 11 is 0. The van der Waals surface area contributed by atoms with Crippen LogP contribution in [0.3, 0.4) is 0 Å². The van der Waals surface area contributed by atoms with Crippen LogP contribution in [0.4, 0.5) is 11.6 Å². The lowest BCUT2D eigenvalue weighted by atomic mass is 10.2. The van der Waals surface area contributed by atoms with Crippen LogP contribution in [0.1, 0.15) is 12.0 Å². The number of aromatic nitrogens is 5. The second-order valence-electron chi connectivity index (χ2n) is 7.33. The number of imidazole rings is 1. The van der Waals surface area contributed by atoms with Crippen molar-refractivity contribution < 1.29 is 4.74 Å². The molecule has 0 spiro atoms. The second-order valence-corrected chi connectivity index (χ2v) is 7.33. The fourth-order valence-electron chi connectivity index (χ4n) is 3.75. The lowest BCUT2D eigenvalue weighted by Gasteiger charge is -2.17. The lowest BCUT2D eigenvalue weighted by molar-refractivity contribution is 0.121. The van der Waals surface area contributed by atoms with Gasteiger partial charge in [-0.1, -0.05) is 12.1 Å². The lowest BCUT2D eigenvalue weighted by Crippen LogP contribution is -2.23. The number of nitrogens with one attached hydrogen (secondary N) is 1. The Morgan fingerprint density at radius 1 is 1.10 bits per heavy atom. The van der Waals surface area contributed by atoms with E-state index >= 15 is 0 Å². The minimum absolute atomic E-state index is 0.299. The van der Waals surface area contributed by atoms with Crippen molar-refractivity contribution in [3.63, 3.8) is 0 Å². The second kappa shape index (κ2) is 8.08. The first kappa shape index (κ1) is 18.5. The molecular formula is C22H23N7O. The average molecular weight is 401 g/mol. The van der Waals surface area contributed by atoms with Crippen LogP contribution in [0, 0.1) is 0 Å². The molecule has 0 unspecified atom stereocenters. The molecule has 1 atom stereocenters. The van der Waals surface area contributed by atoms with Crippen molar-refractivity contribution >= 4 is 17.3 Å². The summed E-state index contributed by atoms with van der Waals surface area (Å²) in [5, 5.41) is 3.36. The van der Waals surface area contributed by atoms with Gasteiger partial charge in [0, 0.05) is 45.2 Å². The Hall–Kier alpha value is -3.52. The van der Waals surface area contributed by atoms with Crippen LogP contribution >= 0.6 is 0 Å². The maximum Gasteiger partial charge on any atom is 0.137 e. The zero-order valence-corrected chi connectivity index (χ0v) is 16.8. The van der Waals surface area contributed by atoms with E-state index in [0.29, 0.717) is 12.6 Å². The molecule has 1 aliphatic rings. The Labute approximate surface area is 174 Å². The van der Waals surface area contributed by atoms with E-state index in [1.165, 1.54) is 0 Å². The maximum absolute atomic E-state index is 5.44. The van der Waals surface area contributed by atoms with Gasteiger partial charge in [-0.2, -0.15) is 0 Å². The number of methoxy groups -OCH3 is 1. The largest absolute Gasteiger partial charge is 0.380 e. The first-order valence-corrected chi connectivity index (χ1v) is 10.0. The van der Waals surface area contributed by atoms with E-state index in [1.54, 1.807) is 13.4 Å². The molecule has 0 radical (unpaired) electrons. The third kappa shape index (κ3) is 3.69. The summed E-state index contributed by atoms with van der Waals surface area (Å²) in [7, 11) is 1.77. The molecule has 0 amide bonds. The van der Waals surface area contributed by atoms with Crippen LogP contribution < -0.4 is 10.2 Å². The van der Waals surface area contributed by atoms with Crippen LogP contribution in [0.5, 0.6) is 0 Å². The molecule has 4 aromatic rings. The molecule has 0 saturated carbocycles. The fraction of sp³-hybridized carbons (Fsp3) is 0.273. The summed E-state index contributed by atoms with van der Waals surface area (Å²) in [4.78, 5) is 20.1. The van der Waals surface area contributed by atoms with Crippen molar-refractivity contribution in [1.29, 1.82) is 0 Å². The van der Waals surface area contributed by atoms with Crippen molar-refractivity contribution in [3.8, 4) is 11.4 Å². The van der Waals surface area contributed by atoms with Crippen LogP contribution in [-0.4, -0.2) is 50.6 Å². The molecule has 30 heavy (non-hydrogen) atoms. The number of hydrogen-bond donors (Lipinski definition) is 1. The number of anilines is 2. The van der Waals surface area contributed by atoms with Crippen molar-refractivity contribution in [3.05, 3.63) is 66.9 Å². The Bertz CT molecular complexity index is 1140. The van der Waals surface area contributed by atoms with Gasteiger partial charge in [-0.05, 0) is 30.2 Å². The number of ether oxygens (including phenoxy) is 1. The van der Waals surface area contributed by atoms with Gasteiger partial charge in [-0.3, -0.25) is 4.40 Å². The molecule has 5 rings (SSSR count). The molecule has 1 aliphatic heterocycles. The van der Waals surface area contributed by atoms with Crippen molar-refractivity contribution in [2.75, 3.05) is 30.4 Å². The summed E-state index contributed by atoms with van der Waals surface area (Å²) in [6.07, 6.45) is 8.64. The summed E-state index contributed by atoms with van der Waals surface area (Å²) < 4.78 is 7.45. The Balaban J connectivity index is 1.26. The molecule has 5 heterocycles. The van der Waals surface area contributed by atoms with Crippen LogP contribution in [0.2, 0.25) is 0 Å². The predicted molar refractivity (Wildman–Crippen MR) is 115 cm³/mol. The van der Waals surface area contributed by atoms with Crippen LogP contribution in [0.15, 0.2) is 61.3 Å². The summed E-state index contributed by atoms with van der Waals surface area (Å²) in [5.74, 6) is 1.76. The van der Waals surface area contributed by atoms with Gasteiger partial charge in [-0.25, -0.2) is 19.9 Å². The number of rotatable bonds is 6. The van der Waals surface area contributed by atoms with E-state index in [0.717, 1.165) is 53.7 Å².